The first-order chi connectivity index (χ1) is 8.69. The van der Waals surface area contributed by atoms with Gasteiger partial charge in [0, 0.05) is 23.7 Å². The maximum atomic E-state index is 9.75. The summed E-state index contributed by atoms with van der Waals surface area (Å²) in [5, 5.41) is 29.0. The van der Waals surface area contributed by atoms with E-state index in [1.165, 1.54) is 6.07 Å². The Bertz CT molecular complexity index is 578. The maximum Gasteiger partial charge on any atom is 0.134 e. The minimum atomic E-state index is -0.152. The molecule has 5 nitrogen and oxygen atoms in total. The van der Waals surface area contributed by atoms with E-state index in [0.717, 1.165) is 18.4 Å². The molecule has 0 aliphatic carbocycles. The summed E-state index contributed by atoms with van der Waals surface area (Å²) >= 11 is 0. The Labute approximate surface area is 104 Å². The molecule has 0 unspecified atom stereocenters. The van der Waals surface area contributed by atoms with Gasteiger partial charge in [0.25, 0.3) is 0 Å². The van der Waals surface area contributed by atoms with Gasteiger partial charge >= 0.3 is 0 Å². The van der Waals surface area contributed by atoms with Gasteiger partial charge in [-0.2, -0.15) is 0 Å². The molecule has 1 fully saturated rings. The monoisotopic (exact) mass is 249 g/mol. The van der Waals surface area contributed by atoms with E-state index in [1.807, 2.05) is 10.8 Å². The van der Waals surface area contributed by atoms with Crippen LogP contribution in [0.4, 0.5) is 0 Å². The molecule has 1 saturated heterocycles. The number of ether oxygens (including phenoxy) is 1. The zero-order valence-electron chi connectivity index (χ0n) is 9.78. The quantitative estimate of drug-likeness (QED) is 0.757. The molecule has 2 heterocycles. The highest BCUT2D eigenvalue weighted by atomic mass is 16.5. The molecular formula is C13H15NO4. The van der Waals surface area contributed by atoms with Crippen LogP contribution in [0.1, 0.15) is 19.1 Å². The minimum Gasteiger partial charge on any atom is -0.508 e. The normalized spacial score (nSPS) is 23.8. The van der Waals surface area contributed by atoms with E-state index < -0.39 is 0 Å². The second-order valence-corrected chi connectivity index (χ2v) is 4.59. The van der Waals surface area contributed by atoms with Crippen LogP contribution < -0.4 is 0 Å². The average Bonchev–Trinajstić information content (AvgIpc) is 2.93. The number of aromatic hydroxyl groups is 2. The molecular weight excluding hydrogens is 234 g/mol. The van der Waals surface area contributed by atoms with E-state index in [9.17, 15) is 10.2 Å². The molecule has 3 N–H and O–H groups in total. The molecule has 2 atom stereocenters. The van der Waals surface area contributed by atoms with Crippen molar-refractivity contribution in [2.75, 3.05) is 6.61 Å². The summed E-state index contributed by atoms with van der Waals surface area (Å²) in [5.74, 6) is 0.0807. The predicted octanol–water partition coefficient (Wildman–Crippen LogP) is 1.72. The molecule has 3 rings (SSSR count). The van der Waals surface area contributed by atoms with Gasteiger partial charge in [0.1, 0.15) is 17.7 Å². The van der Waals surface area contributed by atoms with E-state index in [4.69, 9.17) is 9.84 Å². The summed E-state index contributed by atoms with van der Waals surface area (Å²) < 4.78 is 7.57. The fourth-order valence-electron chi connectivity index (χ4n) is 2.50. The Hall–Kier alpha value is -1.72. The van der Waals surface area contributed by atoms with Crippen molar-refractivity contribution in [2.24, 2.45) is 0 Å². The second kappa shape index (κ2) is 4.19. The summed E-state index contributed by atoms with van der Waals surface area (Å²) in [6.07, 6.45) is 3.17. The number of hydrogen-bond donors (Lipinski definition) is 3. The summed E-state index contributed by atoms with van der Waals surface area (Å²) in [6, 6.07) is 4.71. The topological polar surface area (TPSA) is 74.9 Å². The highest BCUT2D eigenvalue weighted by Gasteiger charge is 2.26. The standard InChI is InChI=1S/C13H15NO4/c15-7-9-1-2-13(18-9)14-4-3-10-11(14)5-8(16)6-12(10)17/h3-6,9,13,15-17H,1-2,7H2/t9-,13+/m0/s1. The molecule has 96 valence electrons. The fraction of sp³-hybridized carbons (Fsp3) is 0.385. The van der Waals surface area contributed by atoms with E-state index in [0.29, 0.717) is 5.39 Å². The van der Waals surface area contributed by atoms with Crippen molar-refractivity contribution < 1.29 is 20.1 Å². The minimum absolute atomic E-state index is 0.0200. The van der Waals surface area contributed by atoms with Gasteiger partial charge in [-0.15, -0.1) is 0 Å². The van der Waals surface area contributed by atoms with Crippen molar-refractivity contribution >= 4 is 10.9 Å². The molecule has 1 aromatic heterocycles. The van der Waals surface area contributed by atoms with Crippen LogP contribution >= 0.6 is 0 Å². The first-order valence-electron chi connectivity index (χ1n) is 5.98. The van der Waals surface area contributed by atoms with E-state index in [-0.39, 0.29) is 30.4 Å². The third-order valence-corrected chi connectivity index (χ3v) is 3.40. The number of aliphatic hydroxyl groups excluding tert-OH is 1. The lowest BCUT2D eigenvalue weighted by atomic mass is 10.2. The Balaban J connectivity index is 2.03. The third kappa shape index (κ3) is 1.72. The average molecular weight is 249 g/mol. The molecule has 0 bridgehead atoms. The predicted molar refractivity (Wildman–Crippen MR) is 65.5 cm³/mol. The van der Waals surface area contributed by atoms with E-state index in [1.54, 1.807) is 12.1 Å². The van der Waals surface area contributed by atoms with Crippen molar-refractivity contribution in [3.05, 3.63) is 24.4 Å². The molecule has 1 aliphatic heterocycles. The summed E-state index contributed by atoms with van der Waals surface area (Å²) in [6.45, 7) is 0.0200. The molecule has 0 amide bonds. The number of aromatic nitrogens is 1. The number of benzene rings is 1. The van der Waals surface area contributed by atoms with Crippen LogP contribution in [-0.2, 0) is 4.74 Å². The van der Waals surface area contributed by atoms with Crippen molar-refractivity contribution in [2.45, 2.75) is 25.2 Å². The van der Waals surface area contributed by atoms with Crippen LogP contribution in [0.15, 0.2) is 24.4 Å². The van der Waals surface area contributed by atoms with Crippen molar-refractivity contribution in [3.63, 3.8) is 0 Å². The van der Waals surface area contributed by atoms with Gasteiger partial charge in [0.05, 0.1) is 18.2 Å². The second-order valence-electron chi connectivity index (χ2n) is 4.59. The molecule has 0 saturated carbocycles. The Kier molecular flexibility index (Phi) is 2.65. The highest BCUT2D eigenvalue weighted by molar-refractivity contribution is 5.87. The van der Waals surface area contributed by atoms with Crippen molar-refractivity contribution in [1.82, 2.24) is 4.57 Å². The van der Waals surface area contributed by atoms with Crippen LogP contribution in [0.3, 0.4) is 0 Å². The van der Waals surface area contributed by atoms with Crippen LogP contribution in [0.25, 0.3) is 10.9 Å². The molecule has 1 aliphatic rings. The third-order valence-electron chi connectivity index (χ3n) is 3.40. The molecule has 0 radical (unpaired) electrons. The lowest BCUT2D eigenvalue weighted by molar-refractivity contribution is -0.0202. The van der Waals surface area contributed by atoms with Crippen LogP contribution in [0, 0.1) is 0 Å². The summed E-state index contributed by atoms with van der Waals surface area (Å²) in [7, 11) is 0. The maximum absolute atomic E-state index is 9.75. The first kappa shape index (κ1) is 11.4. The van der Waals surface area contributed by atoms with Crippen molar-refractivity contribution in [1.29, 1.82) is 0 Å². The molecule has 5 heteroatoms. The van der Waals surface area contributed by atoms with Gasteiger partial charge in [-0.05, 0) is 18.9 Å². The van der Waals surface area contributed by atoms with Crippen LogP contribution in [-0.4, -0.2) is 32.6 Å². The van der Waals surface area contributed by atoms with Gasteiger partial charge < -0.3 is 24.6 Å². The molecule has 1 aromatic carbocycles. The van der Waals surface area contributed by atoms with Gasteiger partial charge in [-0.3, -0.25) is 0 Å². The van der Waals surface area contributed by atoms with E-state index in [2.05, 4.69) is 0 Å². The Morgan fingerprint density at radius 2 is 2.11 bits per heavy atom. The Morgan fingerprint density at radius 1 is 1.28 bits per heavy atom. The number of phenolic OH excluding ortho intramolecular Hbond substituents is 2. The van der Waals surface area contributed by atoms with Crippen LogP contribution in [0.5, 0.6) is 11.5 Å². The van der Waals surface area contributed by atoms with E-state index >= 15 is 0 Å². The van der Waals surface area contributed by atoms with Gasteiger partial charge in [-0.25, -0.2) is 0 Å². The Morgan fingerprint density at radius 3 is 2.83 bits per heavy atom. The largest absolute Gasteiger partial charge is 0.508 e. The summed E-state index contributed by atoms with van der Waals surface area (Å²) in [5.41, 5.74) is 0.732. The zero-order valence-corrected chi connectivity index (χ0v) is 9.78. The van der Waals surface area contributed by atoms with Crippen molar-refractivity contribution in [3.8, 4) is 11.5 Å². The first-order valence-corrected chi connectivity index (χ1v) is 5.98. The molecule has 18 heavy (non-hydrogen) atoms. The lowest BCUT2D eigenvalue weighted by Gasteiger charge is -2.15. The molecule has 0 spiro atoms. The number of phenols is 2. The SMILES string of the molecule is OC[C@@H]1CC[C@H](n2ccc3c(O)cc(O)cc32)O1. The van der Waals surface area contributed by atoms with Gasteiger partial charge in [0.2, 0.25) is 0 Å². The number of nitrogens with zero attached hydrogens (tertiary/aromatic N) is 1. The number of fused-ring (bicyclic) bond motifs is 1. The van der Waals surface area contributed by atoms with Crippen LogP contribution in [0.2, 0.25) is 0 Å². The summed E-state index contributed by atoms with van der Waals surface area (Å²) in [4.78, 5) is 0. The number of rotatable bonds is 2. The highest BCUT2D eigenvalue weighted by Crippen LogP contribution is 2.36. The zero-order chi connectivity index (χ0) is 12.7. The van der Waals surface area contributed by atoms with Gasteiger partial charge in [-0.1, -0.05) is 0 Å². The lowest BCUT2D eigenvalue weighted by Crippen LogP contribution is -2.13. The number of aliphatic hydroxyl groups is 1. The van der Waals surface area contributed by atoms with Gasteiger partial charge in [0.15, 0.2) is 0 Å². The smallest absolute Gasteiger partial charge is 0.134 e. The fourth-order valence-corrected chi connectivity index (χ4v) is 2.50. The number of hydrogen-bond acceptors (Lipinski definition) is 4. The molecule has 2 aromatic rings.